The lowest BCUT2D eigenvalue weighted by atomic mass is 10.2. The SMILES string of the molecule is O=C(CN(CCO)C1CC1)NC(=O)c1ccccc1Cl. The van der Waals surface area contributed by atoms with Crippen LogP contribution in [0.15, 0.2) is 24.3 Å². The minimum atomic E-state index is -0.500. The molecule has 0 aromatic heterocycles. The van der Waals surface area contributed by atoms with E-state index < -0.39 is 5.91 Å². The number of hydrogen-bond acceptors (Lipinski definition) is 4. The van der Waals surface area contributed by atoms with Crippen LogP contribution >= 0.6 is 11.6 Å². The molecule has 6 heteroatoms. The Morgan fingerprint density at radius 3 is 2.65 bits per heavy atom. The predicted octanol–water partition coefficient (Wildman–Crippen LogP) is 1.05. The number of benzene rings is 1. The molecule has 1 aromatic rings. The molecule has 1 saturated carbocycles. The Morgan fingerprint density at radius 1 is 1.35 bits per heavy atom. The van der Waals surface area contributed by atoms with Gasteiger partial charge in [0.2, 0.25) is 5.91 Å². The smallest absolute Gasteiger partial charge is 0.259 e. The lowest BCUT2D eigenvalue weighted by Gasteiger charge is -2.19. The maximum absolute atomic E-state index is 11.9. The van der Waals surface area contributed by atoms with Gasteiger partial charge in [-0.1, -0.05) is 23.7 Å². The van der Waals surface area contributed by atoms with Crippen LogP contribution < -0.4 is 5.32 Å². The zero-order valence-electron chi connectivity index (χ0n) is 11.0. The van der Waals surface area contributed by atoms with E-state index in [1.807, 2.05) is 4.90 Å². The number of amides is 2. The number of rotatable bonds is 6. The number of nitrogens with zero attached hydrogens (tertiary/aromatic N) is 1. The Morgan fingerprint density at radius 2 is 2.05 bits per heavy atom. The Labute approximate surface area is 122 Å². The summed E-state index contributed by atoms with van der Waals surface area (Å²) in [6.07, 6.45) is 2.07. The Hall–Kier alpha value is -1.43. The van der Waals surface area contributed by atoms with Gasteiger partial charge in [0.25, 0.3) is 5.91 Å². The molecule has 2 N–H and O–H groups in total. The van der Waals surface area contributed by atoms with Gasteiger partial charge in [0.05, 0.1) is 23.7 Å². The van der Waals surface area contributed by atoms with Gasteiger partial charge in [-0.3, -0.25) is 19.8 Å². The van der Waals surface area contributed by atoms with Crippen molar-refractivity contribution in [2.75, 3.05) is 19.7 Å². The fourth-order valence-corrected chi connectivity index (χ4v) is 2.24. The average molecular weight is 297 g/mol. The van der Waals surface area contributed by atoms with Crippen molar-refractivity contribution in [1.29, 1.82) is 0 Å². The summed E-state index contributed by atoms with van der Waals surface area (Å²) in [7, 11) is 0. The second-order valence-corrected chi connectivity index (χ2v) is 5.19. The fourth-order valence-electron chi connectivity index (χ4n) is 2.02. The topological polar surface area (TPSA) is 69.6 Å². The molecular weight excluding hydrogens is 280 g/mol. The standard InChI is InChI=1S/C14H17ClN2O3/c15-12-4-2-1-3-11(12)14(20)16-13(19)9-17(7-8-18)10-5-6-10/h1-4,10,18H,5-9H2,(H,16,19,20). The van der Waals surface area contributed by atoms with E-state index in [0.29, 0.717) is 17.6 Å². The van der Waals surface area contributed by atoms with Crippen LogP contribution in [0.25, 0.3) is 0 Å². The van der Waals surface area contributed by atoms with Crippen LogP contribution in [0.5, 0.6) is 0 Å². The van der Waals surface area contributed by atoms with Crippen LogP contribution in [0.3, 0.4) is 0 Å². The van der Waals surface area contributed by atoms with Crippen molar-refractivity contribution in [1.82, 2.24) is 10.2 Å². The molecule has 0 bridgehead atoms. The van der Waals surface area contributed by atoms with Crippen molar-refractivity contribution in [3.8, 4) is 0 Å². The monoisotopic (exact) mass is 296 g/mol. The summed E-state index contributed by atoms with van der Waals surface area (Å²) in [5.41, 5.74) is 0.280. The fraction of sp³-hybridized carbons (Fsp3) is 0.429. The summed E-state index contributed by atoms with van der Waals surface area (Å²) in [6, 6.07) is 6.92. The van der Waals surface area contributed by atoms with Crippen molar-refractivity contribution in [3.05, 3.63) is 34.9 Å². The first-order chi connectivity index (χ1) is 9.61. The summed E-state index contributed by atoms with van der Waals surface area (Å²) in [5.74, 6) is -0.879. The van der Waals surface area contributed by atoms with Gasteiger partial charge >= 0.3 is 0 Å². The molecule has 20 heavy (non-hydrogen) atoms. The summed E-state index contributed by atoms with van der Waals surface area (Å²) >= 11 is 5.90. The minimum Gasteiger partial charge on any atom is -0.395 e. The van der Waals surface area contributed by atoms with Crippen molar-refractivity contribution in [2.24, 2.45) is 0 Å². The van der Waals surface area contributed by atoms with E-state index in [4.69, 9.17) is 16.7 Å². The molecule has 2 amide bonds. The number of imide groups is 1. The van der Waals surface area contributed by atoms with Crippen LogP contribution in [0.4, 0.5) is 0 Å². The third-order valence-electron chi connectivity index (χ3n) is 3.17. The summed E-state index contributed by atoms with van der Waals surface area (Å²) < 4.78 is 0. The third kappa shape index (κ3) is 4.03. The van der Waals surface area contributed by atoms with Crippen LogP contribution in [0.1, 0.15) is 23.2 Å². The van der Waals surface area contributed by atoms with Crippen LogP contribution in [-0.2, 0) is 4.79 Å². The van der Waals surface area contributed by atoms with E-state index in [1.165, 1.54) is 0 Å². The molecule has 0 saturated heterocycles. The zero-order valence-corrected chi connectivity index (χ0v) is 11.8. The van der Waals surface area contributed by atoms with Crippen molar-refractivity contribution in [2.45, 2.75) is 18.9 Å². The molecule has 108 valence electrons. The zero-order chi connectivity index (χ0) is 14.5. The van der Waals surface area contributed by atoms with Crippen LogP contribution in [0.2, 0.25) is 5.02 Å². The molecular formula is C14H17ClN2O3. The molecule has 1 aromatic carbocycles. The van der Waals surface area contributed by atoms with Crippen LogP contribution in [0, 0.1) is 0 Å². The van der Waals surface area contributed by atoms with Crippen molar-refractivity contribution in [3.63, 3.8) is 0 Å². The molecule has 1 aliphatic carbocycles. The van der Waals surface area contributed by atoms with Gasteiger partial charge < -0.3 is 5.11 Å². The summed E-state index contributed by atoms with van der Waals surface area (Å²) in [5, 5.41) is 11.6. The van der Waals surface area contributed by atoms with Gasteiger partial charge in [-0.15, -0.1) is 0 Å². The van der Waals surface area contributed by atoms with Crippen molar-refractivity contribution < 1.29 is 14.7 Å². The number of nitrogens with one attached hydrogen (secondary N) is 1. The highest BCUT2D eigenvalue weighted by Crippen LogP contribution is 2.26. The highest BCUT2D eigenvalue weighted by atomic mass is 35.5. The van der Waals surface area contributed by atoms with E-state index >= 15 is 0 Å². The van der Waals surface area contributed by atoms with E-state index in [9.17, 15) is 9.59 Å². The summed E-state index contributed by atoms with van der Waals surface area (Å²) in [6.45, 7) is 0.558. The Bertz CT molecular complexity index is 503. The number of aliphatic hydroxyl groups excluding tert-OH is 1. The molecule has 1 aliphatic rings. The molecule has 5 nitrogen and oxygen atoms in total. The lowest BCUT2D eigenvalue weighted by Crippen LogP contribution is -2.42. The Balaban J connectivity index is 1.90. The highest BCUT2D eigenvalue weighted by Gasteiger charge is 2.30. The number of carbonyl (C=O) groups is 2. The highest BCUT2D eigenvalue weighted by molar-refractivity contribution is 6.34. The number of halogens is 1. The second kappa shape index (κ2) is 6.83. The van der Waals surface area contributed by atoms with Gasteiger partial charge in [-0.25, -0.2) is 0 Å². The first kappa shape index (κ1) is 15.0. The average Bonchev–Trinajstić information content (AvgIpc) is 3.22. The molecule has 0 spiro atoms. The van der Waals surface area contributed by atoms with Gasteiger partial charge in [0.15, 0.2) is 0 Å². The van der Waals surface area contributed by atoms with E-state index in [1.54, 1.807) is 24.3 Å². The number of hydrogen-bond donors (Lipinski definition) is 2. The molecule has 0 radical (unpaired) electrons. The quantitative estimate of drug-likeness (QED) is 0.823. The lowest BCUT2D eigenvalue weighted by molar-refractivity contribution is -0.121. The Kier molecular flexibility index (Phi) is 5.11. The number of carbonyl (C=O) groups excluding carboxylic acids is 2. The van der Waals surface area contributed by atoms with Gasteiger partial charge in [0, 0.05) is 12.6 Å². The van der Waals surface area contributed by atoms with E-state index in [0.717, 1.165) is 12.8 Å². The predicted molar refractivity (Wildman–Crippen MR) is 75.6 cm³/mol. The van der Waals surface area contributed by atoms with Crippen molar-refractivity contribution >= 4 is 23.4 Å². The maximum atomic E-state index is 11.9. The molecule has 0 aliphatic heterocycles. The number of aliphatic hydroxyl groups is 1. The second-order valence-electron chi connectivity index (χ2n) is 4.78. The normalized spacial score (nSPS) is 14.3. The van der Waals surface area contributed by atoms with E-state index in [-0.39, 0.29) is 24.6 Å². The maximum Gasteiger partial charge on any atom is 0.259 e. The first-order valence-electron chi connectivity index (χ1n) is 6.55. The molecule has 0 heterocycles. The first-order valence-corrected chi connectivity index (χ1v) is 6.93. The van der Waals surface area contributed by atoms with Gasteiger partial charge in [-0.05, 0) is 25.0 Å². The minimum absolute atomic E-state index is 0.00222. The van der Waals surface area contributed by atoms with Crippen LogP contribution in [-0.4, -0.2) is 47.6 Å². The van der Waals surface area contributed by atoms with Gasteiger partial charge in [0.1, 0.15) is 0 Å². The molecule has 1 fully saturated rings. The largest absolute Gasteiger partial charge is 0.395 e. The molecule has 0 atom stereocenters. The van der Waals surface area contributed by atoms with Gasteiger partial charge in [-0.2, -0.15) is 0 Å². The van der Waals surface area contributed by atoms with E-state index in [2.05, 4.69) is 5.32 Å². The molecule has 0 unspecified atom stereocenters. The summed E-state index contributed by atoms with van der Waals surface area (Å²) in [4.78, 5) is 25.7. The third-order valence-corrected chi connectivity index (χ3v) is 3.50. The molecule has 2 rings (SSSR count).